The number of hydrogen-bond acceptors (Lipinski definition) is 10. The number of ketones is 2. The molecule has 0 saturated carbocycles. The predicted molar refractivity (Wildman–Crippen MR) is 247 cm³/mol. The number of halogens is 2. The highest BCUT2D eigenvalue weighted by Crippen LogP contribution is 2.42. The number of rotatable bonds is 18. The van der Waals surface area contributed by atoms with Crippen molar-refractivity contribution < 1.29 is 85.7 Å². The second-order valence-electron chi connectivity index (χ2n) is 14.4. The number of benzene rings is 3. The van der Waals surface area contributed by atoms with E-state index in [0.717, 1.165) is 42.0 Å². The second kappa shape index (κ2) is 24.4. The Hall–Kier alpha value is -4.20. The van der Waals surface area contributed by atoms with Crippen LogP contribution < -0.4 is 57.1 Å². The molecule has 0 aliphatic carbocycles. The van der Waals surface area contributed by atoms with Crippen molar-refractivity contribution in [1.82, 2.24) is 0 Å². The van der Waals surface area contributed by atoms with Gasteiger partial charge in [0.05, 0.1) is 46.9 Å². The van der Waals surface area contributed by atoms with Gasteiger partial charge in [-0.25, -0.2) is 0 Å². The van der Waals surface area contributed by atoms with Gasteiger partial charge in [-0.2, -0.15) is 9.13 Å². The van der Waals surface area contributed by atoms with E-state index in [2.05, 4.69) is 18.2 Å². The summed E-state index contributed by atoms with van der Waals surface area (Å²) in [6.07, 6.45) is 7.80. The number of nitrogens with zero attached hydrogens (tertiary/aromatic N) is 2. The monoisotopic (exact) mass is 1150 g/mol. The highest BCUT2D eigenvalue weighted by molar-refractivity contribution is 8.00. The molecule has 0 atom stereocenters. The van der Waals surface area contributed by atoms with E-state index < -0.39 is 0 Å². The number of thiophene rings is 2. The normalized spacial score (nSPS) is 10.7. The Morgan fingerprint density at radius 2 is 0.906 bits per heavy atom. The number of hydrogen-bond donors (Lipinski definition) is 0. The van der Waals surface area contributed by atoms with Crippen LogP contribution in [0.25, 0.3) is 11.4 Å². The smallest absolute Gasteiger partial charge is 0.310 e. The van der Waals surface area contributed by atoms with Gasteiger partial charge >= 0.3 is 11.9 Å². The lowest BCUT2D eigenvalue weighted by atomic mass is 10.0. The number of thioether (sulfide) groups is 2. The number of esters is 2. The van der Waals surface area contributed by atoms with Crippen molar-refractivity contribution in [2.75, 3.05) is 13.2 Å². The summed E-state index contributed by atoms with van der Waals surface area (Å²) >= 11 is 6.08. The van der Waals surface area contributed by atoms with Crippen LogP contribution in [0.4, 0.5) is 0 Å². The molecular formula is C50H46I2N2O6S4. The van der Waals surface area contributed by atoms with Crippen LogP contribution >= 0.6 is 46.2 Å². The number of ether oxygens (including phenoxy) is 2. The lowest BCUT2D eigenvalue weighted by Crippen LogP contribution is -3.00. The van der Waals surface area contributed by atoms with Crippen molar-refractivity contribution >= 4 is 69.7 Å². The molecule has 4 heterocycles. The fourth-order valence-corrected chi connectivity index (χ4v) is 11.9. The van der Waals surface area contributed by atoms with Crippen LogP contribution in [-0.4, -0.2) is 36.7 Å². The fraction of sp³-hybridized carbons (Fsp3) is 0.200. The molecule has 0 radical (unpaired) electrons. The van der Waals surface area contributed by atoms with Crippen molar-refractivity contribution in [1.29, 1.82) is 0 Å². The first-order chi connectivity index (χ1) is 30.1. The molecule has 0 saturated heterocycles. The van der Waals surface area contributed by atoms with Crippen LogP contribution in [0.2, 0.25) is 0 Å². The minimum Gasteiger partial charge on any atom is -1.00 e. The number of carbonyl (C=O) groups excluding carboxylic acids is 4. The molecule has 0 fully saturated rings. The van der Waals surface area contributed by atoms with E-state index in [-0.39, 0.29) is 97.5 Å². The third kappa shape index (κ3) is 12.6. The molecule has 8 nitrogen and oxygen atoms in total. The van der Waals surface area contributed by atoms with Crippen molar-refractivity contribution in [3.8, 4) is 11.4 Å². The van der Waals surface area contributed by atoms with Crippen molar-refractivity contribution in [3.63, 3.8) is 0 Å². The number of carbonyl (C=O) groups is 4. The lowest BCUT2D eigenvalue weighted by molar-refractivity contribution is -0.598. The van der Waals surface area contributed by atoms with Gasteiger partial charge in [-0.15, -0.1) is 46.2 Å². The number of pyridine rings is 2. The number of aryl methyl sites for hydroxylation is 2. The Bertz CT molecular complexity index is 2520. The molecule has 0 spiro atoms. The van der Waals surface area contributed by atoms with Gasteiger partial charge < -0.3 is 57.4 Å². The molecule has 7 aromatic rings. The largest absolute Gasteiger partial charge is 1.00 e. The van der Waals surface area contributed by atoms with Gasteiger partial charge in [-0.3, -0.25) is 19.2 Å². The van der Waals surface area contributed by atoms with Gasteiger partial charge in [-0.05, 0) is 49.9 Å². The highest BCUT2D eigenvalue weighted by atomic mass is 127. The molecule has 0 N–H and O–H groups in total. The van der Waals surface area contributed by atoms with Crippen LogP contribution in [0.1, 0.15) is 77.7 Å². The Labute approximate surface area is 424 Å². The zero-order valence-corrected chi connectivity index (χ0v) is 43.3. The summed E-state index contributed by atoms with van der Waals surface area (Å²) in [5.41, 5.74) is 8.38. The first kappa shape index (κ1) is 50.8. The van der Waals surface area contributed by atoms with Crippen LogP contribution in [0.3, 0.4) is 0 Å². The summed E-state index contributed by atoms with van der Waals surface area (Å²) in [4.78, 5) is 55.4. The van der Waals surface area contributed by atoms with Gasteiger partial charge in [0.25, 0.3) is 0 Å². The lowest BCUT2D eigenvalue weighted by Gasteiger charge is -2.07. The van der Waals surface area contributed by atoms with E-state index in [0.29, 0.717) is 43.5 Å². The molecule has 4 aromatic heterocycles. The standard InChI is InChI=1S/C50H46N2O6S4.2HI/c1-5-57-41(53)29-39-43(51-24-20-33(3)21-25-51)49(61-47(39)45(55)37-16-9-7-10-17-37)59-31-35-14-13-15-36(28-35)32-60-50-44(52-26-22-34(4)23-27-52)40(30-42(54)58-6-2)48(62-50)46(56)38-18-11-8-12-19-38;;/h7-28H,5-6,29-32H2,1-4H3;2*1H/q+2;;/p-2. The van der Waals surface area contributed by atoms with Gasteiger partial charge in [0.1, 0.15) is 8.42 Å². The number of aromatic nitrogens is 2. The third-order valence-electron chi connectivity index (χ3n) is 9.87. The van der Waals surface area contributed by atoms with Gasteiger partial charge in [-0.1, -0.05) is 84.9 Å². The molecule has 64 heavy (non-hydrogen) atoms. The van der Waals surface area contributed by atoms with Gasteiger partial charge in [0, 0.05) is 46.9 Å². The molecule has 0 unspecified atom stereocenters. The van der Waals surface area contributed by atoms with E-state index in [1.54, 1.807) is 61.6 Å². The quantitative estimate of drug-likeness (QED) is 0.0415. The molecule has 14 heteroatoms. The Balaban J connectivity index is 0.00000385. The molecule has 0 bridgehead atoms. The first-order valence-corrected chi connectivity index (χ1v) is 23.9. The van der Waals surface area contributed by atoms with Crippen LogP contribution in [0.5, 0.6) is 0 Å². The maximum Gasteiger partial charge on any atom is 0.310 e. The summed E-state index contributed by atoms with van der Waals surface area (Å²) in [5.74, 6) is 0.180. The highest BCUT2D eigenvalue weighted by Gasteiger charge is 2.33. The maximum absolute atomic E-state index is 14.1. The average Bonchev–Trinajstić information content (AvgIpc) is 3.83. The fourth-order valence-electron chi connectivity index (χ4n) is 6.84. The maximum atomic E-state index is 14.1. The SMILES string of the molecule is CCOC(=O)Cc1c(C(=O)c2ccccc2)sc(SCc2cccc(CSc3sc(C(=O)c4ccccc4)c(CC(=O)OCC)c3-[n+]3ccc(C)cc3)c2)c1-[n+]1ccc(C)cc1.[I-].[I-]. The minimum atomic E-state index is -0.387. The van der Waals surface area contributed by atoms with Crippen molar-refractivity contribution in [2.24, 2.45) is 0 Å². The zero-order valence-electron chi connectivity index (χ0n) is 35.7. The summed E-state index contributed by atoms with van der Waals surface area (Å²) in [6, 6.07) is 34.8. The van der Waals surface area contributed by atoms with Crippen molar-refractivity contribution in [3.05, 3.63) is 188 Å². The molecule has 7 rings (SSSR count). The van der Waals surface area contributed by atoms with Crippen LogP contribution in [-0.2, 0) is 43.4 Å². The second-order valence-corrected chi connectivity index (χ2v) is 18.9. The Kier molecular flexibility index (Phi) is 19.3. The molecule has 0 amide bonds. The molecular weight excluding hydrogens is 1110 g/mol. The summed E-state index contributed by atoms with van der Waals surface area (Å²) in [5, 5.41) is 0. The van der Waals surface area contributed by atoms with E-state index in [1.165, 1.54) is 22.7 Å². The predicted octanol–water partition coefficient (Wildman–Crippen LogP) is 4.25. The van der Waals surface area contributed by atoms with Gasteiger partial charge in [0.2, 0.25) is 22.9 Å². The Morgan fingerprint density at radius 1 is 0.531 bits per heavy atom. The van der Waals surface area contributed by atoms with E-state index in [9.17, 15) is 19.2 Å². The third-order valence-corrected chi connectivity index (χ3v) is 15.0. The molecule has 0 aliphatic heterocycles. The zero-order chi connectivity index (χ0) is 43.6. The average molecular weight is 1150 g/mol. The van der Waals surface area contributed by atoms with Gasteiger partial charge in [0.15, 0.2) is 24.8 Å². The molecule has 330 valence electrons. The first-order valence-electron chi connectivity index (χ1n) is 20.3. The van der Waals surface area contributed by atoms with E-state index >= 15 is 0 Å². The summed E-state index contributed by atoms with van der Waals surface area (Å²) in [6.45, 7) is 8.09. The van der Waals surface area contributed by atoms with E-state index in [4.69, 9.17) is 9.47 Å². The summed E-state index contributed by atoms with van der Waals surface area (Å²) < 4.78 is 16.6. The summed E-state index contributed by atoms with van der Waals surface area (Å²) in [7, 11) is 0. The minimum absolute atomic E-state index is 0. The Morgan fingerprint density at radius 3 is 1.27 bits per heavy atom. The van der Waals surface area contributed by atoms with Crippen LogP contribution in [0.15, 0.2) is 142 Å². The van der Waals surface area contributed by atoms with E-state index in [1.807, 2.05) is 114 Å². The van der Waals surface area contributed by atoms with Crippen molar-refractivity contribution in [2.45, 2.75) is 60.5 Å². The molecule has 0 aliphatic rings. The molecule has 3 aromatic carbocycles. The topological polar surface area (TPSA) is 94.5 Å². The van der Waals surface area contributed by atoms with Crippen LogP contribution in [0, 0.1) is 13.8 Å².